The van der Waals surface area contributed by atoms with Crippen molar-refractivity contribution in [2.24, 2.45) is 5.92 Å². The molecule has 22 heavy (non-hydrogen) atoms. The zero-order valence-electron chi connectivity index (χ0n) is 12.2. The van der Waals surface area contributed by atoms with E-state index in [0.29, 0.717) is 17.3 Å². The molecule has 0 spiro atoms. The molecule has 0 aliphatic carbocycles. The van der Waals surface area contributed by atoms with Crippen molar-refractivity contribution in [3.05, 3.63) is 51.9 Å². The fraction of sp³-hybridized carbons (Fsp3) is 0.375. The smallest absolute Gasteiger partial charge is 0.292 e. The van der Waals surface area contributed by atoms with Crippen LogP contribution in [-0.2, 0) is 0 Å². The number of nitrogens with zero attached hydrogens (tertiary/aromatic N) is 3. The molecule has 1 fully saturated rings. The summed E-state index contributed by atoms with van der Waals surface area (Å²) in [7, 11) is 0. The molecule has 6 heteroatoms. The van der Waals surface area contributed by atoms with Crippen LogP contribution in [0.25, 0.3) is 5.69 Å². The van der Waals surface area contributed by atoms with Crippen LogP contribution >= 0.6 is 11.6 Å². The van der Waals surface area contributed by atoms with E-state index in [1.54, 1.807) is 6.20 Å². The van der Waals surface area contributed by atoms with Crippen molar-refractivity contribution in [3.8, 4) is 5.69 Å². The van der Waals surface area contributed by atoms with Gasteiger partial charge in [-0.15, -0.1) is 0 Å². The number of aromatic nitrogens is 2. The summed E-state index contributed by atoms with van der Waals surface area (Å²) in [6.07, 6.45) is 3.44. The van der Waals surface area contributed by atoms with Crippen LogP contribution in [0.4, 0.5) is 5.69 Å². The van der Waals surface area contributed by atoms with E-state index in [4.69, 9.17) is 11.6 Å². The Morgan fingerprint density at radius 3 is 2.55 bits per heavy atom. The second-order valence-corrected chi connectivity index (χ2v) is 5.89. The summed E-state index contributed by atoms with van der Waals surface area (Å²) in [4.78, 5) is 14.5. The van der Waals surface area contributed by atoms with Gasteiger partial charge in [-0.05, 0) is 30.9 Å². The normalized spacial score (nSPS) is 16.0. The van der Waals surface area contributed by atoms with Crippen LogP contribution in [-0.4, -0.2) is 34.6 Å². The van der Waals surface area contributed by atoms with Gasteiger partial charge in [-0.3, -0.25) is 4.79 Å². The molecule has 3 rings (SSSR count). The van der Waals surface area contributed by atoms with Crippen molar-refractivity contribution in [1.82, 2.24) is 9.78 Å². The summed E-state index contributed by atoms with van der Waals surface area (Å²) in [6.45, 7) is 1.78. The van der Waals surface area contributed by atoms with Gasteiger partial charge in [-0.1, -0.05) is 29.8 Å². The predicted octanol–water partition coefficient (Wildman–Crippen LogP) is 2.09. The Bertz CT molecular complexity index is 694. The SMILES string of the molecule is O=c1c(Cl)c(N2CCC(CO)CC2)cnn1-c1ccccc1. The van der Waals surface area contributed by atoms with E-state index in [0.717, 1.165) is 25.9 Å². The van der Waals surface area contributed by atoms with E-state index < -0.39 is 0 Å². The van der Waals surface area contributed by atoms with Crippen LogP contribution in [0.2, 0.25) is 5.02 Å². The van der Waals surface area contributed by atoms with Gasteiger partial charge in [0.2, 0.25) is 0 Å². The van der Waals surface area contributed by atoms with Gasteiger partial charge in [-0.25, -0.2) is 0 Å². The summed E-state index contributed by atoms with van der Waals surface area (Å²) < 4.78 is 1.31. The van der Waals surface area contributed by atoms with Crippen molar-refractivity contribution >= 4 is 17.3 Å². The summed E-state index contributed by atoms with van der Waals surface area (Å²) in [6, 6.07) is 9.22. The fourth-order valence-electron chi connectivity index (χ4n) is 2.75. The van der Waals surface area contributed by atoms with Crippen molar-refractivity contribution in [3.63, 3.8) is 0 Å². The fourth-order valence-corrected chi connectivity index (χ4v) is 3.00. The lowest BCUT2D eigenvalue weighted by molar-refractivity contribution is 0.203. The zero-order chi connectivity index (χ0) is 15.5. The highest BCUT2D eigenvalue weighted by atomic mass is 35.5. The van der Waals surface area contributed by atoms with Crippen molar-refractivity contribution in [2.75, 3.05) is 24.6 Å². The van der Waals surface area contributed by atoms with E-state index in [1.165, 1.54) is 4.68 Å². The number of hydrogen-bond acceptors (Lipinski definition) is 4. The van der Waals surface area contributed by atoms with Crippen molar-refractivity contribution < 1.29 is 5.11 Å². The number of piperidine rings is 1. The number of para-hydroxylation sites is 1. The lowest BCUT2D eigenvalue weighted by Crippen LogP contribution is -2.36. The first-order chi connectivity index (χ1) is 10.7. The van der Waals surface area contributed by atoms with Gasteiger partial charge in [0, 0.05) is 19.7 Å². The number of rotatable bonds is 3. The Labute approximate surface area is 133 Å². The molecule has 1 saturated heterocycles. The van der Waals surface area contributed by atoms with Crippen LogP contribution in [0.3, 0.4) is 0 Å². The number of benzene rings is 1. The van der Waals surface area contributed by atoms with Gasteiger partial charge >= 0.3 is 0 Å². The van der Waals surface area contributed by atoms with Gasteiger partial charge in [0.25, 0.3) is 5.56 Å². The number of anilines is 1. The minimum absolute atomic E-state index is 0.196. The molecule has 1 aromatic heterocycles. The zero-order valence-corrected chi connectivity index (χ0v) is 12.9. The molecule has 1 aromatic carbocycles. The average molecular weight is 320 g/mol. The summed E-state index contributed by atoms with van der Waals surface area (Å²) in [5.74, 6) is 0.340. The van der Waals surface area contributed by atoms with E-state index >= 15 is 0 Å². The third-order valence-electron chi connectivity index (χ3n) is 4.11. The van der Waals surface area contributed by atoms with Gasteiger partial charge in [0.1, 0.15) is 5.02 Å². The Hall–Kier alpha value is -1.85. The minimum Gasteiger partial charge on any atom is -0.396 e. The molecule has 2 aromatic rings. The van der Waals surface area contributed by atoms with Crippen molar-refractivity contribution in [1.29, 1.82) is 0 Å². The Morgan fingerprint density at radius 1 is 1.23 bits per heavy atom. The van der Waals surface area contributed by atoms with E-state index in [9.17, 15) is 9.90 Å². The summed E-state index contributed by atoms with van der Waals surface area (Å²) in [5, 5.41) is 13.6. The van der Waals surface area contributed by atoms with E-state index in [1.807, 2.05) is 30.3 Å². The van der Waals surface area contributed by atoms with E-state index in [-0.39, 0.29) is 17.2 Å². The van der Waals surface area contributed by atoms with Gasteiger partial charge in [0.15, 0.2) is 0 Å². The standard InChI is InChI=1S/C16H18ClN3O2/c17-15-14(19-8-6-12(11-21)7-9-19)10-18-20(16(15)22)13-4-2-1-3-5-13/h1-5,10,12,21H,6-9,11H2. The third kappa shape index (κ3) is 2.87. The molecule has 0 bridgehead atoms. The molecular formula is C16H18ClN3O2. The second-order valence-electron chi connectivity index (χ2n) is 5.51. The van der Waals surface area contributed by atoms with Crippen LogP contribution in [0.15, 0.2) is 41.3 Å². The number of halogens is 1. The Morgan fingerprint density at radius 2 is 1.91 bits per heavy atom. The van der Waals surface area contributed by atoms with Crippen molar-refractivity contribution in [2.45, 2.75) is 12.8 Å². The maximum absolute atomic E-state index is 12.5. The largest absolute Gasteiger partial charge is 0.396 e. The predicted molar refractivity (Wildman–Crippen MR) is 86.9 cm³/mol. The molecule has 0 amide bonds. The second kappa shape index (κ2) is 6.50. The topological polar surface area (TPSA) is 58.4 Å². The summed E-state index contributed by atoms with van der Waals surface area (Å²) >= 11 is 6.29. The molecule has 116 valence electrons. The quantitative estimate of drug-likeness (QED) is 0.941. The molecule has 1 N–H and O–H groups in total. The Balaban J connectivity index is 1.89. The first-order valence-electron chi connectivity index (χ1n) is 7.39. The van der Waals surface area contributed by atoms with Crippen LogP contribution < -0.4 is 10.5 Å². The first-order valence-corrected chi connectivity index (χ1v) is 7.77. The molecule has 2 heterocycles. The van der Waals surface area contributed by atoms with Gasteiger partial charge < -0.3 is 10.0 Å². The molecule has 1 aliphatic rings. The highest BCUT2D eigenvalue weighted by Crippen LogP contribution is 2.26. The first kappa shape index (κ1) is 15.1. The molecule has 5 nitrogen and oxygen atoms in total. The summed E-state index contributed by atoms with van der Waals surface area (Å²) in [5.41, 5.74) is 1.06. The third-order valence-corrected chi connectivity index (χ3v) is 4.47. The van der Waals surface area contributed by atoms with Gasteiger partial charge in [0.05, 0.1) is 17.6 Å². The number of aliphatic hydroxyl groups excluding tert-OH is 1. The molecule has 0 saturated carbocycles. The lowest BCUT2D eigenvalue weighted by atomic mass is 9.98. The number of hydrogen-bond donors (Lipinski definition) is 1. The molecule has 0 atom stereocenters. The van der Waals surface area contributed by atoms with E-state index in [2.05, 4.69) is 10.00 Å². The molecule has 0 unspecified atom stereocenters. The van der Waals surface area contributed by atoms with Crippen LogP contribution in [0, 0.1) is 5.92 Å². The van der Waals surface area contributed by atoms with Crippen LogP contribution in [0.5, 0.6) is 0 Å². The molecule has 1 aliphatic heterocycles. The number of aliphatic hydroxyl groups is 1. The highest BCUT2D eigenvalue weighted by Gasteiger charge is 2.22. The average Bonchev–Trinajstić information content (AvgIpc) is 2.58. The van der Waals surface area contributed by atoms with Crippen LogP contribution in [0.1, 0.15) is 12.8 Å². The molecule has 0 radical (unpaired) electrons. The highest BCUT2D eigenvalue weighted by molar-refractivity contribution is 6.33. The monoisotopic (exact) mass is 319 g/mol. The Kier molecular flexibility index (Phi) is 4.45. The molecular weight excluding hydrogens is 302 g/mol. The maximum atomic E-state index is 12.5. The maximum Gasteiger partial charge on any atom is 0.292 e. The lowest BCUT2D eigenvalue weighted by Gasteiger charge is -2.33. The van der Waals surface area contributed by atoms with Gasteiger partial charge in [-0.2, -0.15) is 9.78 Å². The minimum atomic E-state index is -0.311.